The first-order valence-corrected chi connectivity index (χ1v) is 6.62. The first kappa shape index (κ1) is 13.7. The number of hydrogen-bond donors (Lipinski definition) is 2. The Bertz CT molecular complexity index is 613. The summed E-state index contributed by atoms with van der Waals surface area (Å²) in [6.07, 6.45) is 0. The topological polar surface area (TPSA) is 58.6 Å². The first-order valence-electron chi connectivity index (χ1n) is 5.54. The predicted octanol–water partition coefficient (Wildman–Crippen LogP) is 3.26. The summed E-state index contributed by atoms with van der Waals surface area (Å²) < 4.78 is 5.99. The van der Waals surface area contributed by atoms with E-state index < -0.39 is 0 Å². The normalized spacial score (nSPS) is 10.0. The Balaban J connectivity index is 2.25. The second kappa shape index (κ2) is 5.92. The zero-order valence-electron chi connectivity index (χ0n) is 10.2. The monoisotopic (exact) mass is 369 g/mol. The van der Waals surface area contributed by atoms with Crippen LogP contribution in [0.1, 0.15) is 10.4 Å². The fraction of sp³-hybridized carbons (Fsp3) is 0.0714. The number of nitrogens with one attached hydrogen (secondary N) is 1. The second-order valence-corrected chi connectivity index (χ2v) is 5.07. The summed E-state index contributed by atoms with van der Waals surface area (Å²) in [6.45, 7) is 0. The van der Waals surface area contributed by atoms with Crippen molar-refractivity contribution in [3.8, 4) is 11.5 Å². The summed E-state index contributed by atoms with van der Waals surface area (Å²) in [7, 11) is 1.44. The highest BCUT2D eigenvalue weighted by molar-refractivity contribution is 14.1. The molecular formula is C14H12INO3. The summed E-state index contributed by atoms with van der Waals surface area (Å²) in [6, 6.07) is 12.2. The molecule has 0 heterocycles. The van der Waals surface area contributed by atoms with E-state index in [1.54, 1.807) is 24.3 Å². The first-order chi connectivity index (χ1) is 9.11. The molecule has 0 fully saturated rings. The quantitative estimate of drug-likeness (QED) is 0.817. The molecule has 5 heteroatoms. The van der Waals surface area contributed by atoms with Crippen molar-refractivity contribution in [2.45, 2.75) is 0 Å². The van der Waals surface area contributed by atoms with Crippen molar-refractivity contribution >= 4 is 34.2 Å². The van der Waals surface area contributed by atoms with Gasteiger partial charge in [0.15, 0.2) is 11.5 Å². The minimum absolute atomic E-state index is 0.159. The van der Waals surface area contributed by atoms with E-state index in [4.69, 9.17) is 4.74 Å². The van der Waals surface area contributed by atoms with E-state index in [9.17, 15) is 9.90 Å². The van der Waals surface area contributed by atoms with Gasteiger partial charge in [-0.2, -0.15) is 0 Å². The number of hydrogen-bond acceptors (Lipinski definition) is 3. The Morgan fingerprint density at radius 2 is 2.00 bits per heavy atom. The smallest absolute Gasteiger partial charge is 0.259 e. The molecule has 0 bridgehead atoms. The summed E-state index contributed by atoms with van der Waals surface area (Å²) >= 11 is 2.16. The average molecular weight is 369 g/mol. The van der Waals surface area contributed by atoms with Gasteiger partial charge >= 0.3 is 0 Å². The van der Waals surface area contributed by atoms with E-state index in [-0.39, 0.29) is 23.0 Å². The van der Waals surface area contributed by atoms with Crippen LogP contribution in [0.5, 0.6) is 11.5 Å². The Labute approximate surface area is 124 Å². The maximum atomic E-state index is 12.1. The Morgan fingerprint density at radius 1 is 1.26 bits per heavy atom. The maximum absolute atomic E-state index is 12.1. The molecule has 0 saturated carbocycles. The van der Waals surface area contributed by atoms with Gasteiger partial charge in [0.1, 0.15) is 0 Å². The molecule has 1 amide bonds. The predicted molar refractivity (Wildman–Crippen MR) is 81.8 cm³/mol. The van der Waals surface area contributed by atoms with Crippen LogP contribution in [-0.4, -0.2) is 18.1 Å². The van der Waals surface area contributed by atoms with Gasteiger partial charge in [0.25, 0.3) is 5.91 Å². The summed E-state index contributed by atoms with van der Waals surface area (Å²) in [5.74, 6) is -0.262. The fourth-order valence-electron chi connectivity index (χ4n) is 1.63. The van der Waals surface area contributed by atoms with Crippen LogP contribution < -0.4 is 10.1 Å². The number of para-hydroxylation sites is 1. The van der Waals surface area contributed by atoms with Crippen molar-refractivity contribution < 1.29 is 14.6 Å². The number of carbonyl (C=O) groups is 1. The molecule has 2 N–H and O–H groups in total. The van der Waals surface area contributed by atoms with Gasteiger partial charge in [-0.1, -0.05) is 12.1 Å². The molecule has 4 nitrogen and oxygen atoms in total. The van der Waals surface area contributed by atoms with Gasteiger partial charge in [0.05, 0.1) is 12.7 Å². The number of carbonyl (C=O) groups excluding carboxylic acids is 1. The van der Waals surface area contributed by atoms with Crippen molar-refractivity contribution in [2.24, 2.45) is 0 Å². The Hall–Kier alpha value is -1.76. The lowest BCUT2D eigenvalue weighted by Gasteiger charge is -2.09. The SMILES string of the molecule is COc1cccc(C(=O)Nc2cccc(I)c2)c1O. The molecule has 0 unspecified atom stereocenters. The van der Waals surface area contributed by atoms with E-state index in [1.807, 2.05) is 18.2 Å². The van der Waals surface area contributed by atoms with Crippen LogP contribution in [0.2, 0.25) is 0 Å². The third-order valence-electron chi connectivity index (χ3n) is 2.55. The molecule has 0 aliphatic heterocycles. The summed E-state index contributed by atoms with van der Waals surface area (Å²) in [4.78, 5) is 12.1. The molecule has 0 radical (unpaired) electrons. The van der Waals surface area contributed by atoms with Gasteiger partial charge < -0.3 is 15.2 Å². The lowest BCUT2D eigenvalue weighted by atomic mass is 10.1. The third-order valence-corrected chi connectivity index (χ3v) is 3.22. The standard InChI is InChI=1S/C14H12INO3/c1-19-12-7-3-6-11(13(12)17)14(18)16-10-5-2-4-9(15)8-10/h2-8,17H,1H3,(H,16,18). The molecular weight excluding hydrogens is 357 g/mol. The number of ether oxygens (including phenoxy) is 1. The largest absolute Gasteiger partial charge is 0.504 e. The van der Waals surface area contributed by atoms with Gasteiger partial charge in [0, 0.05) is 9.26 Å². The van der Waals surface area contributed by atoms with E-state index in [1.165, 1.54) is 7.11 Å². The van der Waals surface area contributed by atoms with Gasteiger partial charge in [-0.05, 0) is 52.9 Å². The number of rotatable bonds is 3. The number of anilines is 1. The molecule has 0 aromatic heterocycles. The van der Waals surface area contributed by atoms with Gasteiger partial charge in [-0.25, -0.2) is 0 Å². The van der Waals surface area contributed by atoms with Gasteiger partial charge in [-0.3, -0.25) is 4.79 Å². The number of phenolic OH excluding ortho intramolecular Hbond substituents is 1. The molecule has 0 aliphatic carbocycles. The molecule has 2 aromatic rings. The van der Waals surface area contributed by atoms with Crippen molar-refractivity contribution in [2.75, 3.05) is 12.4 Å². The molecule has 98 valence electrons. The van der Waals surface area contributed by atoms with Crippen LogP contribution in [0.3, 0.4) is 0 Å². The van der Waals surface area contributed by atoms with Crippen molar-refractivity contribution in [3.05, 3.63) is 51.6 Å². The maximum Gasteiger partial charge on any atom is 0.259 e. The van der Waals surface area contributed by atoms with E-state index in [0.29, 0.717) is 5.69 Å². The van der Waals surface area contributed by atoms with Crippen LogP contribution >= 0.6 is 22.6 Å². The molecule has 2 aromatic carbocycles. The summed E-state index contributed by atoms with van der Waals surface area (Å²) in [5, 5.41) is 12.6. The van der Waals surface area contributed by atoms with E-state index in [2.05, 4.69) is 27.9 Å². The highest BCUT2D eigenvalue weighted by Crippen LogP contribution is 2.29. The highest BCUT2D eigenvalue weighted by Gasteiger charge is 2.14. The minimum Gasteiger partial charge on any atom is -0.504 e. The van der Waals surface area contributed by atoms with Crippen LogP contribution in [0.25, 0.3) is 0 Å². The van der Waals surface area contributed by atoms with Gasteiger partial charge in [0.2, 0.25) is 0 Å². The molecule has 2 rings (SSSR count). The van der Waals surface area contributed by atoms with E-state index in [0.717, 1.165) is 3.57 Å². The number of methoxy groups -OCH3 is 1. The number of aromatic hydroxyl groups is 1. The van der Waals surface area contributed by atoms with Gasteiger partial charge in [-0.15, -0.1) is 0 Å². The molecule has 0 atom stereocenters. The van der Waals surface area contributed by atoms with E-state index >= 15 is 0 Å². The number of halogens is 1. The molecule has 0 saturated heterocycles. The zero-order chi connectivity index (χ0) is 13.8. The van der Waals surface area contributed by atoms with Crippen molar-refractivity contribution in [3.63, 3.8) is 0 Å². The minimum atomic E-state index is -0.376. The lowest BCUT2D eigenvalue weighted by molar-refractivity contribution is 0.102. The number of phenols is 1. The van der Waals surface area contributed by atoms with Crippen LogP contribution in [0.4, 0.5) is 5.69 Å². The van der Waals surface area contributed by atoms with Crippen LogP contribution in [-0.2, 0) is 0 Å². The summed E-state index contributed by atoms with van der Waals surface area (Å²) in [5.41, 5.74) is 0.859. The Morgan fingerprint density at radius 3 is 2.68 bits per heavy atom. The number of amides is 1. The zero-order valence-corrected chi connectivity index (χ0v) is 12.3. The highest BCUT2D eigenvalue weighted by atomic mass is 127. The average Bonchev–Trinajstić information content (AvgIpc) is 2.39. The second-order valence-electron chi connectivity index (χ2n) is 3.82. The fourth-order valence-corrected chi connectivity index (χ4v) is 2.18. The van der Waals surface area contributed by atoms with Crippen molar-refractivity contribution in [1.29, 1.82) is 0 Å². The van der Waals surface area contributed by atoms with Crippen LogP contribution in [0, 0.1) is 3.57 Å². The molecule has 19 heavy (non-hydrogen) atoms. The Kier molecular flexibility index (Phi) is 4.26. The third kappa shape index (κ3) is 3.17. The number of benzene rings is 2. The lowest BCUT2D eigenvalue weighted by Crippen LogP contribution is -2.12. The van der Waals surface area contributed by atoms with Crippen molar-refractivity contribution in [1.82, 2.24) is 0 Å². The molecule has 0 aliphatic rings. The van der Waals surface area contributed by atoms with Crippen LogP contribution in [0.15, 0.2) is 42.5 Å². The molecule has 0 spiro atoms.